The molecule has 232 valence electrons. The minimum atomic E-state index is -3.94. The van der Waals surface area contributed by atoms with Crippen molar-refractivity contribution >= 4 is 48.3 Å². The van der Waals surface area contributed by atoms with Crippen LogP contribution in [0.1, 0.15) is 90.0 Å². The van der Waals surface area contributed by atoms with E-state index in [2.05, 4.69) is 49.1 Å². The minimum absolute atomic E-state index is 0.286. The quantitative estimate of drug-likeness (QED) is 0.135. The standard InChI is InChI=1S/C38H46N2O3S/c1-3-5-8-19-31-32(21-9-6-4-2)38(44(41,42)36-23-22-33(39)27-16-10-12-18-29(27)36)43-35-26-34(40-24-14-7-15-25-40)28-17-11-13-20-30(28)37(31)35/h10-13,16-18,20,22-23,26,38H,3-9,14-15,19,21,24-25,39H2,1-2H3. The van der Waals surface area contributed by atoms with E-state index in [0.29, 0.717) is 23.2 Å². The molecule has 1 atom stereocenters. The molecule has 6 heteroatoms. The van der Waals surface area contributed by atoms with Crippen LogP contribution in [0.4, 0.5) is 11.4 Å². The second-order valence-corrected chi connectivity index (χ2v) is 14.4. The minimum Gasteiger partial charge on any atom is -0.469 e. The fourth-order valence-corrected chi connectivity index (χ4v) is 9.04. The molecule has 4 aromatic carbocycles. The maximum atomic E-state index is 14.9. The lowest BCUT2D eigenvalue weighted by Crippen LogP contribution is -2.34. The maximum absolute atomic E-state index is 14.9. The van der Waals surface area contributed by atoms with Crippen molar-refractivity contribution in [2.75, 3.05) is 23.7 Å². The Bertz CT molecular complexity index is 1790. The molecule has 0 amide bonds. The van der Waals surface area contributed by atoms with Gasteiger partial charge in [-0.1, -0.05) is 88.1 Å². The van der Waals surface area contributed by atoms with Gasteiger partial charge in [0, 0.05) is 52.3 Å². The molecule has 44 heavy (non-hydrogen) atoms. The second-order valence-electron chi connectivity index (χ2n) is 12.5. The lowest BCUT2D eigenvalue weighted by molar-refractivity contribution is 0.294. The maximum Gasteiger partial charge on any atom is 0.225 e. The van der Waals surface area contributed by atoms with Crippen molar-refractivity contribution in [3.8, 4) is 5.75 Å². The van der Waals surface area contributed by atoms with Crippen LogP contribution in [-0.4, -0.2) is 26.9 Å². The highest BCUT2D eigenvalue weighted by molar-refractivity contribution is 7.92. The number of nitrogen functional groups attached to an aromatic ring is 1. The van der Waals surface area contributed by atoms with Gasteiger partial charge in [-0.2, -0.15) is 0 Å². The van der Waals surface area contributed by atoms with E-state index in [1.165, 1.54) is 22.8 Å². The van der Waals surface area contributed by atoms with Crippen LogP contribution in [0.25, 0.3) is 27.1 Å². The zero-order valence-electron chi connectivity index (χ0n) is 26.3. The van der Waals surface area contributed by atoms with Crippen LogP contribution in [-0.2, 0) is 9.84 Å². The summed E-state index contributed by atoms with van der Waals surface area (Å²) in [4.78, 5) is 2.75. The van der Waals surface area contributed by atoms with E-state index < -0.39 is 15.3 Å². The number of nitrogens with zero attached hydrogens (tertiary/aromatic N) is 1. The molecule has 2 aliphatic rings. The molecule has 0 radical (unpaired) electrons. The molecule has 5 nitrogen and oxygen atoms in total. The van der Waals surface area contributed by atoms with Crippen molar-refractivity contribution < 1.29 is 13.2 Å². The Morgan fingerprint density at radius 1 is 0.773 bits per heavy atom. The normalized spacial score (nSPS) is 17.2. The van der Waals surface area contributed by atoms with Crippen molar-refractivity contribution in [2.45, 2.75) is 94.8 Å². The Labute approximate surface area is 263 Å². The fourth-order valence-electron chi connectivity index (χ4n) is 7.20. The Kier molecular flexibility index (Phi) is 9.18. The van der Waals surface area contributed by atoms with Crippen molar-refractivity contribution in [1.29, 1.82) is 0 Å². The first-order valence-corrected chi connectivity index (χ1v) is 18.2. The van der Waals surface area contributed by atoms with Crippen LogP contribution in [0.3, 0.4) is 0 Å². The molecule has 1 saturated heterocycles. The lowest BCUT2D eigenvalue weighted by atomic mass is 9.86. The molecular weight excluding hydrogens is 564 g/mol. The molecule has 0 aromatic heterocycles. The van der Waals surface area contributed by atoms with E-state index in [0.717, 1.165) is 93.1 Å². The average Bonchev–Trinajstić information content (AvgIpc) is 3.05. The van der Waals surface area contributed by atoms with E-state index in [4.69, 9.17) is 10.5 Å². The summed E-state index contributed by atoms with van der Waals surface area (Å²) in [5, 5.41) is 3.79. The number of piperidine rings is 1. The van der Waals surface area contributed by atoms with Gasteiger partial charge in [-0.15, -0.1) is 0 Å². The first kappa shape index (κ1) is 30.5. The van der Waals surface area contributed by atoms with Crippen molar-refractivity contribution in [2.24, 2.45) is 0 Å². The highest BCUT2D eigenvalue weighted by Gasteiger charge is 2.40. The third-order valence-corrected chi connectivity index (χ3v) is 11.4. The monoisotopic (exact) mass is 610 g/mol. The van der Waals surface area contributed by atoms with Crippen LogP contribution in [0, 0.1) is 0 Å². The van der Waals surface area contributed by atoms with Gasteiger partial charge in [0.25, 0.3) is 0 Å². The van der Waals surface area contributed by atoms with Gasteiger partial charge in [-0.3, -0.25) is 0 Å². The number of sulfone groups is 1. The third kappa shape index (κ3) is 5.69. The summed E-state index contributed by atoms with van der Waals surface area (Å²) in [7, 11) is -3.94. The van der Waals surface area contributed by atoms with Crippen LogP contribution in [0.2, 0.25) is 0 Å². The summed E-state index contributed by atoms with van der Waals surface area (Å²) < 4.78 is 36.6. The zero-order valence-corrected chi connectivity index (χ0v) is 27.1. The van der Waals surface area contributed by atoms with Gasteiger partial charge in [-0.05, 0) is 73.6 Å². The Hall–Kier alpha value is -3.51. The van der Waals surface area contributed by atoms with Crippen LogP contribution < -0.4 is 15.4 Å². The van der Waals surface area contributed by atoms with E-state index in [1.807, 2.05) is 24.3 Å². The molecule has 0 saturated carbocycles. The van der Waals surface area contributed by atoms with Gasteiger partial charge in [0.1, 0.15) is 5.75 Å². The highest BCUT2D eigenvalue weighted by atomic mass is 32.2. The van der Waals surface area contributed by atoms with Crippen molar-refractivity contribution in [3.05, 3.63) is 77.9 Å². The van der Waals surface area contributed by atoms with Crippen molar-refractivity contribution in [3.63, 3.8) is 0 Å². The number of fused-ring (bicyclic) bond motifs is 4. The summed E-state index contributed by atoms with van der Waals surface area (Å²) in [6.07, 6.45) is 11.4. The number of hydrogen-bond acceptors (Lipinski definition) is 5. The first-order valence-electron chi connectivity index (χ1n) is 16.7. The Morgan fingerprint density at radius 3 is 2.11 bits per heavy atom. The fraction of sp³-hybridized carbons (Fsp3) is 0.421. The van der Waals surface area contributed by atoms with Crippen LogP contribution >= 0.6 is 0 Å². The molecule has 0 spiro atoms. The number of hydrogen-bond donors (Lipinski definition) is 1. The molecule has 2 aliphatic heterocycles. The average molecular weight is 611 g/mol. The number of rotatable bonds is 11. The Morgan fingerprint density at radius 2 is 1.41 bits per heavy atom. The molecule has 0 aliphatic carbocycles. The van der Waals surface area contributed by atoms with Crippen LogP contribution in [0.15, 0.2) is 77.2 Å². The highest BCUT2D eigenvalue weighted by Crippen LogP contribution is 2.49. The number of nitrogens with two attached hydrogens (primary N) is 1. The summed E-state index contributed by atoms with van der Waals surface area (Å²) in [5.41, 5.74) is 10.2. The van der Waals surface area contributed by atoms with Crippen LogP contribution in [0.5, 0.6) is 5.75 Å². The van der Waals surface area contributed by atoms with Gasteiger partial charge in [0.05, 0.1) is 4.90 Å². The lowest BCUT2D eigenvalue weighted by Gasteiger charge is -2.35. The molecule has 6 rings (SSSR count). The SMILES string of the molecule is CCCCCC1=C(CCCCC)C(S(=O)(=O)c2ccc(N)c3ccccc23)Oc2cc(N3CCCCC3)c3ccccc3c21. The Balaban J connectivity index is 1.59. The van der Waals surface area contributed by atoms with Crippen molar-refractivity contribution in [1.82, 2.24) is 0 Å². The predicted octanol–water partition coefficient (Wildman–Crippen LogP) is 9.67. The smallest absolute Gasteiger partial charge is 0.225 e. The van der Waals surface area contributed by atoms with Gasteiger partial charge in [-0.25, -0.2) is 8.42 Å². The first-order chi connectivity index (χ1) is 21.5. The summed E-state index contributed by atoms with van der Waals surface area (Å²) in [6.45, 7) is 6.41. The van der Waals surface area contributed by atoms with Gasteiger partial charge in [0.2, 0.25) is 15.3 Å². The van der Waals surface area contributed by atoms with E-state index in [1.54, 1.807) is 12.1 Å². The molecule has 2 heterocycles. The molecule has 1 fully saturated rings. The topological polar surface area (TPSA) is 72.6 Å². The summed E-state index contributed by atoms with van der Waals surface area (Å²) >= 11 is 0. The van der Waals surface area contributed by atoms with Gasteiger partial charge < -0.3 is 15.4 Å². The van der Waals surface area contributed by atoms with Gasteiger partial charge >= 0.3 is 0 Å². The number of allylic oxidation sites excluding steroid dienone is 1. The predicted molar refractivity (Wildman–Crippen MR) is 185 cm³/mol. The molecular formula is C38H46N2O3S. The molecule has 0 bridgehead atoms. The largest absolute Gasteiger partial charge is 0.469 e. The third-order valence-electron chi connectivity index (χ3n) is 9.48. The second kappa shape index (κ2) is 13.2. The zero-order chi connectivity index (χ0) is 30.7. The van der Waals surface area contributed by atoms with E-state index >= 15 is 0 Å². The summed E-state index contributed by atoms with van der Waals surface area (Å²) in [6, 6.07) is 21.7. The summed E-state index contributed by atoms with van der Waals surface area (Å²) in [5.74, 6) is 0.698. The van der Waals surface area contributed by atoms with E-state index in [9.17, 15) is 8.42 Å². The number of benzene rings is 4. The number of unbranched alkanes of at least 4 members (excludes halogenated alkanes) is 4. The molecule has 4 aromatic rings. The molecule has 1 unspecified atom stereocenters. The number of ether oxygens (including phenoxy) is 1. The van der Waals surface area contributed by atoms with Gasteiger partial charge in [0.15, 0.2) is 0 Å². The van der Waals surface area contributed by atoms with E-state index in [-0.39, 0.29) is 4.90 Å². The number of anilines is 2. The molecule has 2 N–H and O–H groups in total.